The van der Waals surface area contributed by atoms with Crippen molar-refractivity contribution < 1.29 is 9.13 Å². The molecule has 0 aliphatic rings. The zero-order valence-corrected chi connectivity index (χ0v) is 9.84. The van der Waals surface area contributed by atoms with Gasteiger partial charge in [0.25, 0.3) is 0 Å². The Morgan fingerprint density at radius 3 is 2.81 bits per heavy atom. The Balaban J connectivity index is 0.00000128. The van der Waals surface area contributed by atoms with Crippen LogP contribution in [0.3, 0.4) is 0 Å². The summed E-state index contributed by atoms with van der Waals surface area (Å²) in [4.78, 5) is 0. The molecule has 0 bridgehead atoms. The number of fused-ring (bicyclic) bond motifs is 1. The predicted molar refractivity (Wildman–Crippen MR) is 63.6 cm³/mol. The van der Waals surface area contributed by atoms with E-state index in [2.05, 4.69) is 5.10 Å². The first-order valence-corrected chi connectivity index (χ1v) is 4.66. The molecule has 0 spiro atoms. The lowest BCUT2D eigenvalue weighted by molar-refractivity contribution is 0.418. The number of rotatable bonds is 2. The van der Waals surface area contributed by atoms with Gasteiger partial charge in [0.1, 0.15) is 11.3 Å². The van der Waals surface area contributed by atoms with E-state index >= 15 is 0 Å². The fourth-order valence-corrected chi connectivity index (χ4v) is 1.67. The molecule has 0 radical (unpaired) electrons. The van der Waals surface area contributed by atoms with Crippen molar-refractivity contribution in [1.29, 1.82) is 0 Å². The van der Waals surface area contributed by atoms with Crippen molar-refractivity contribution >= 4 is 29.0 Å². The molecule has 88 valence electrons. The second-order valence-electron chi connectivity index (χ2n) is 3.20. The van der Waals surface area contributed by atoms with Crippen molar-refractivity contribution in [2.24, 2.45) is 0 Å². The van der Waals surface area contributed by atoms with E-state index in [1.807, 2.05) is 6.92 Å². The lowest BCUT2D eigenvalue weighted by Gasteiger charge is -2.08. The largest absolute Gasteiger partial charge is 0.492 e. The number of hydrogen-bond acceptors (Lipinski definition) is 3. The highest BCUT2D eigenvalue weighted by molar-refractivity contribution is 5.90. The van der Waals surface area contributed by atoms with Gasteiger partial charge in [-0.3, -0.25) is 4.68 Å². The van der Waals surface area contributed by atoms with E-state index in [0.29, 0.717) is 23.2 Å². The maximum atomic E-state index is 13.5. The average Bonchev–Trinajstić information content (AvgIpc) is 2.62. The molecule has 2 aromatic rings. The normalized spacial score (nSPS) is 10.2. The zero-order chi connectivity index (χ0) is 11.0. The Kier molecular flexibility index (Phi) is 3.59. The van der Waals surface area contributed by atoms with Crippen LogP contribution >= 0.6 is 12.4 Å². The molecular formula is C10H13ClFN3O. The Bertz CT molecular complexity index is 512. The summed E-state index contributed by atoms with van der Waals surface area (Å²) in [6, 6.07) is 1.25. The van der Waals surface area contributed by atoms with E-state index < -0.39 is 0 Å². The van der Waals surface area contributed by atoms with Crippen LogP contribution in [-0.4, -0.2) is 16.9 Å². The number of anilines is 1. The molecule has 1 heterocycles. The first kappa shape index (κ1) is 12.6. The monoisotopic (exact) mass is 245 g/mol. The fourth-order valence-electron chi connectivity index (χ4n) is 1.67. The molecule has 1 aromatic carbocycles. The van der Waals surface area contributed by atoms with Gasteiger partial charge in [-0.2, -0.15) is 5.10 Å². The van der Waals surface area contributed by atoms with E-state index in [-0.39, 0.29) is 23.9 Å². The van der Waals surface area contributed by atoms with Crippen LogP contribution in [-0.2, 0) is 6.54 Å². The average molecular weight is 246 g/mol. The van der Waals surface area contributed by atoms with E-state index in [1.165, 1.54) is 19.4 Å². The van der Waals surface area contributed by atoms with Crippen molar-refractivity contribution in [3.63, 3.8) is 0 Å². The summed E-state index contributed by atoms with van der Waals surface area (Å²) >= 11 is 0. The summed E-state index contributed by atoms with van der Waals surface area (Å²) in [7, 11) is 1.51. The van der Waals surface area contributed by atoms with Crippen LogP contribution in [0.25, 0.3) is 10.9 Å². The third-order valence-electron chi connectivity index (χ3n) is 2.36. The Hall–Kier alpha value is -1.49. The van der Waals surface area contributed by atoms with Crippen LogP contribution in [0.1, 0.15) is 6.92 Å². The van der Waals surface area contributed by atoms with Gasteiger partial charge in [-0.1, -0.05) is 0 Å². The topological polar surface area (TPSA) is 53.1 Å². The highest BCUT2D eigenvalue weighted by Crippen LogP contribution is 2.33. The molecule has 0 atom stereocenters. The lowest BCUT2D eigenvalue weighted by atomic mass is 10.2. The van der Waals surface area contributed by atoms with Crippen molar-refractivity contribution in [2.45, 2.75) is 13.5 Å². The first-order valence-electron chi connectivity index (χ1n) is 4.66. The number of methoxy groups -OCH3 is 1. The van der Waals surface area contributed by atoms with E-state index in [4.69, 9.17) is 10.5 Å². The van der Waals surface area contributed by atoms with Crippen LogP contribution in [0.15, 0.2) is 12.3 Å². The number of hydrogen-bond donors (Lipinski definition) is 1. The summed E-state index contributed by atoms with van der Waals surface area (Å²) in [5.74, 6) is 0.105. The molecule has 0 aliphatic heterocycles. The standard InChI is InChI=1S/C10H12FN3O.ClH/c1-3-14-9-6(5-13-14)7(11)4-8(12)10(9)15-2;/h4-5H,3,12H2,1-2H3;1H. The minimum absolute atomic E-state index is 0. The number of benzene rings is 1. The predicted octanol–water partition coefficient (Wildman–Crippen LogP) is 2.21. The van der Waals surface area contributed by atoms with Crippen molar-refractivity contribution in [3.05, 3.63) is 18.1 Å². The van der Waals surface area contributed by atoms with E-state index in [0.717, 1.165) is 0 Å². The molecular weight excluding hydrogens is 233 g/mol. The SMILES string of the molecule is CCn1ncc2c(F)cc(N)c(OC)c21.Cl. The quantitative estimate of drug-likeness (QED) is 0.826. The highest BCUT2D eigenvalue weighted by atomic mass is 35.5. The van der Waals surface area contributed by atoms with Gasteiger partial charge in [-0.15, -0.1) is 12.4 Å². The molecule has 2 N–H and O–H groups in total. The first-order chi connectivity index (χ1) is 7.19. The van der Waals surface area contributed by atoms with Gasteiger partial charge < -0.3 is 10.5 Å². The summed E-state index contributed by atoms with van der Waals surface area (Å²) in [5.41, 5.74) is 6.57. The van der Waals surface area contributed by atoms with Crippen LogP contribution in [0.5, 0.6) is 5.75 Å². The van der Waals surface area contributed by atoms with Gasteiger partial charge in [-0.05, 0) is 6.92 Å². The van der Waals surface area contributed by atoms with Gasteiger partial charge >= 0.3 is 0 Å². The number of halogens is 2. The van der Waals surface area contributed by atoms with Gasteiger partial charge in [0.15, 0.2) is 5.75 Å². The van der Waals surface area contributed by atoms with E-state index in [1.54, 1.807) is 4.68 Å². The molecule has 0 saturated carbocycles. The second kappa shape index (κ2) is 4.57. The fraction of sp³-hybridized carbons (Fsp3) is 0.300. The molecule has 16 heavy (non-hydrogen) atoms. The number of ether oxygens (including phenoxy) is 1. The molecule has 0 unspecified atom stereocenters. The number of aryl methyl sites for hydroxylation is 1. The molecule has 6 heteroatoms. The van der Waals surface area contributed by atoms with Crippen LogP contribution < -0.4 is 10.5 Å². The molecule has 0 saturated heterocycles. The van der Waals surface area contributed by atoms with Crippen molar-refractivity contribution in [3.8, 4) is 5.75 Å². The lowest BCUT2D eigenvalue weighted by Crippen LogP contribution is -2.01. The summed E-state index contributed by atoms with van der Waals surface area (Å²) < 4.78 is 20.3. The van der Waals surface area contributed by atoms with Gasteiger partial charge in [0.05, 0.1) is 24.4 Å². The smallest absolute Gasteiger partial charge is 0.167 e. The van der Waals surface area contributed by atoms with Gasteiger partial charge in [0, 0.05) is 12.6 Å². The number of nitrogen functional groups attached to an aromatic ring is 1. The van der Waals surface area contributed by atoms with E-state index in [9.17, 15) is 4.39 Å². The molecule has 1 aromatic heterocycles. The minimum Gasteiger partial charge on any atom is -0.492 e. The molecule has 0 fully saturated rings. The van der Waals surface area contributed by atoms with Crippen LogP contribution in [0.4, 0.5) is 10.1 Å². The molecule has 2 rings (SSSR count). The summed E-state index contributed by atoms with van der Waals surface area (Å²) in [6.45, 7) is 2.57. The van der Waals surface area contributed by atoms with Crippen LogP contribution in [0, 0.1) is 5.82 Å². The molecule has 0 amide bonds. The zero-order valence-electron chi connectivity index (χ0n) is 9.03. The van der Waals surface area contributed by atoms with Crippen LogP contribution in [0.2, 0.25) is 0 Å². The molecule has 4 nitrogen and oxygen atoms in total. The minimum atomic E-state index is -0.372. The van der Waals surface area contributed by atoms with Crippen molar-refractivity contribution in [2.75, 3.05) is 12.8 Å². The maximum Gasteiger partial charge on any atom is 0.167 e. The summed E-state index contributed by atoms with van der Waals surface area (Å²) in [5, 5.41) is 4.50. The molecule has 0 aliphatic carbocycles. The van der Waals surface area contributed by atoms with Gasteiger partial charge in [-0.25, -0.2) is 4.39 Å². The third kappa shape index (κ3) is 1.67. The van der Waals surface area contributed by atoms with Gasteiger partial charge in [0.2, 0.25) is 0 Å². The Morgan fingerprint density at radius 1 is 1.56 bits per heavy atom. The Labute approximate surface area is 98.6 Å². The highest BCUT2D eigenvalue weighted by Gasteiger charge is 2.15. The Morgan fingerprint density at radius 2 is 2.25 bits per heavy atom. The number of nitrogens with zero attached hydrogens (tertiary/aromatic N) is 2. The number of aromatic nitrogens is 2. The third-order valence-corrected chi connectivity index (χ3v) is 2.36. The maximum absolute atomic E-state index is 13.5. The van der Waals surface area contributed by atoms with Crippen molar-refractivity contribution in [1.82, 2.24) is 9.78 Å². The number of nitrogens with two attached hydrogens (primary N) is 1. The summed E-state index contributed by atoms with van der Waals surface area (Å²) in [6.07, 6.45) is 1.48. The second-order valence-corrected chi connectivity index (χ2v) is 3.20.